The van der Waals surface area contributed by atoms with Crippen molar-refractivity contribution >= 4 is 0 Å². The van der Waals surface area contributed by atoms with E-state index < -0.39 is 0 Å². The first-order valence-electron chi connectivity index (χ1n) is 5.83. The van der Waals surface area contributed by atoms with Gasteiger partial charge in [-0.1, -0.05) is 6.07 Å². The SMILES string of the molecule is COc1ccc(CNn2c(C)ccc2C)c(F)c1. The fourth-order valence-electron chi connectivity index (χ4n) is 1.88. The smallest absolute Gasteiger partial charge is 0.131 e. The molecule has 0 aliphatic rings. The number of rotatable bonds is 4. The van der Waals surface area contributed by atoms with Crippen molar-refractivity contribution in [1.29, 1.82) is 0 Å². The quantitative estimate of drug-likeness (QED) is 0.900. The van der Waals surface area contributed by atoms with Crippen LogP contribution in [0.4, 0.5) is 4.39 Å². The Morgan fingerprint density at radius 2 is 1.83 bits per heavy atom. The number of benzene rings is 1. The van der Waals surface area contributed by atoms with Gasteiger partial charge in [-0.25, -0.2) is 4.39 Å². The maximum atomic E-state index is 13.7. The first-order valence-corrected chi connectivity index (χ1v) is 5.83. The van der Waals surface area contributed by atoms with Crippen LogP contribution in [0.3, 0.4) is 0 Å². The summed E-state index contributed by atoms with van der Waals surface area (Å²) >= 11 is 0. The van der Waals surface area contributed by atoms with Crippen molar-refractivity contribution in [2.75, 3.05) is 12.5 Å². The lowest BCUT2D eigenvalue weighted by molar-refractivity contribution is 0.410. The fourth-order valence-corrected chi connectivity index (χ4v) is 1.88. The monoisotopic (exact) mass is 248 g/mol. The van der Waals surface area contributed by atoms with Crippen LogP contribution in [0.1, 0.15) is 17.0 Å². The Bertz CT molecular complexity index is 529. The van der Waals surface area contributed by atoms with Gasteiger partial charge in [0.2, 0.25) is 0 Å². The van der Waals surface area contributed by atoms with E-state index in [0.717, 1.165) is 11.4 Å². The summed E-state index contributed by atoms with van der Waals surface area (Å²) in [5, 5.41) is 0. The summed E-state index contributed by atoms with van der Waals surface area (Å²) in [7, 11) is 1.53. The number of aryl methyl sites for hydroxylation is 2. The van der Waals surface area contributed by atoms with Crippen LogP contribution in [0.25, 0.3) is 0 Å². The molecule has 96 valence electrons. The summed E-state index contributed by atoms with van der Waals surface area (Å²) in [6.45, 7) is 4.45. The number of methoxy groups -OCH3 is 1. The number of nitrogens with one attached hydrogen (secondary N) is 1. The van der Waals surface area contributed by atoms with Crippen molar-refractivity contribution in [2.24, 2.45) is 0 Å². The van der Waals surface area contributed by atoms with E-state index in [1.54, 1.807) is 12.1 Å². The molecule has 3 nitrogen and oxygen atoms in total. The highest BCUT2D eigenvalue weighted by Crippen LogP contribution is 2.16. The summed E-state index contributed by atoms with van der Waals surface area (Å²) in [6, 6.07) is 8.93. The van der Waals surface area contributed by atoms with Crippen LogP contribution in [0.5, 0.6) is 5.75 Å². The van der Waals surface area contributed by atoms with Crippen LogP contribution in [0.2, 0.25) is 0 Å². The summed E-state index contributed by atoms with van der Waals surface area (Å²) in [5.74, 6) is 0.272. The van der Waals surface area contributed by atoms with Crippen LogP contribution in [0.15, 0.2) is 30.3 Å². The predicted molar refractivity (Wildman–Crippen MR) is 69.9 cm³/mol. The zero-order chi connectivity index (χ0) is 13.1. The van der Waals surface area contributed by atoms with E-state index in [2.05, 4.69) is 5.43 Å². The number of nitrogens with zero attached hydrogens (tertiary/aromatic N) is 1. The zero-order valence-corrected chi connectivity index (χ0v) is 10.8. The molecule has 0 saturated heterocycles. The number of hydrogen-bond acceptors (Lipinski definition) is 2. The van der Waals surface area contributed by atoms with Gasteiger partial charge in [0.25, 0.3) is 0 Å². The molecule has 1 N–H and O–H groups in total. The lowest BCUT2D eigenvalue weighted by Crippen LogP contribution is -2.17. The highest BCUT2D eigenvalue weighted by Gasteiger charge is 2.05. The van der Waals surface area contributed by atoms with Crippen LogP contribution < -0.4 is 10.2 Å². The maximum absolute atomic E-state index is 13.7. The average molecular weight is 248 g/mol. The van der Waals surface area contributed by atoms with Gasteiger partial charge in [0.15, 0.2) is 0 Å². The second kappa shape index (κ2) is 5.12. The van der Waals surface area contributed by atoms with Crippen molar-refractivity contribution in [1.82, 2.24) is 4.68 Å². The topological polar surface area (TPSA) is 26.2 Å². The highest BCUT2D eigenvalue weighted by molar-refractivity contribution is 5.29. The average Bonchev–Trinajstić information content (AvgIpc) is 2.68. The van der Waals surface area contributed by atoms with Gasteiger partial charge in [-0.05, 0) is 32.0 Å². The zero-order valence-electron chi connectivity index (χ0n) is 10.8. The van der Waals surface area contributed by atoms with Gasteiger partial charge < -0.3 is 10.2 Å². The predicted octanol–water partition coefficient (Wildman–Crippen LogP) is 3.00. The fraction of sp³-hybridized carbons (Fsp3) is 0.286. The summed E-state index contributed by atoms with van der Waals surface area (Å²) < 4.78 is 20.7. The molecule has 0 bridgehead atoms. The minimum absolute atomic E-state index is 0.260. The molecule has 0 unspecified atom stereocenters. The molecular weight excluding hydrogens is 231 g/mol. The minimum atomic E-state index is -0.260. The van der Waals surface area contributed by atoms with Crippen LogP contribution in [-0.2, 0) is 6.54 Å². The first-order chi connectivity index (χ1) is 8.61. The molecule has 0 fully saturated rings. The van der Waals surface area contributed by atoms with Crippen molar-refractivity contribution in [3.05, 3.63) is 53.1 Å². The number of halogens is 1. The van der Waals surface area contributed by atoms with Gasteiger partial charge in [0.05, 0.1) is 13.7 Å². The van der Waals surface area contributed by atoms with Crippen LogP contribution in [0, 0.1) is 19.7 Å². The van der Waals surface area contributed by atoms with Crippen LogP contribution >= 0.6 is 0 Å². The van der Waals surface area contributed by atoms with Crippen molar-refractivity contribution in [3.63, 3.8) is 0 Å². The molecule has 0 atom stereocenters. The van der Waals surface area contributed by atoms with Gasteiger partial charge >= 0.3 is 0 Å². The molecule has 4 heteroatoms. The summed E-state index contributed by atoms with van der Waals surface area (Å²) in [4.78, 5) is 0. The third-order valence-electron chi connectivity index (χ3n) is 2.96. The van der Waals surface area contributed by atoms with E-state index in [4.69, 9.17) is 4.74 Å². The van der Waals surface area contributed by atoms with Gasteiger partial charge in [-0.15, -0.1) is 0 Å². The Labute approximate surface area is 106 Å². The third-order valence-corrected chi connectivity index (χ3v) is 2.96. The Balaban J connectivity index is 2.11. The molecule has 2 rings (SSSR count). The second-order valence-corrected chi connectivity index (χ2v) is 4.24. The molecule has 18 heavy (non-hydrogen) atoms. The molecule has 1 heterocycles. The standard InChI is InChI=1S/C14H17FN2O/c1-10-4-5-11(2)17(10)16-9-12-6-7-13(18-3)8-14(12)15/h4-8,16H,9H2,1-3H3. The molecule has 1 aromatic carbocycles. The number of aromatic nitrogens is 1. The largest absolute Gasteiger partial charge is 0.497 e. The lowest BCUT2D eigenvalue weighted by Gasteiger charge is -2.13. The Morgan fingerprint density at radius 3 is 2.39 bits per heavy atom. The van der Waals surface area contributed by atoms with E-state index in [-0.39, 0.29) is 5.82 Å². The van der Waals surface area contributed by atoms with Gasteiger partial charge in [-0.2, -0.15) is 0 Å². The molecule has 0 aliphatic carbocycles. The number of hydrogen-bond donors (Lipinski definition) is 1. The second-order valence-electron chi connectivity index (χ2n) is 4.24. The van der Waals surface area contributed by atoms with Gasteiger partial charge in [-0.3, -0.25) is 4.68 Å². The molecule has 0 aliphatic heterocycles. The van der Waals surface area contributed by atoms with Gasteiger partial charge in [0, 0.05) is 23.0 Å². The third kappa shape index (κ3) is 2.47. The van der Waals surface area contributed by atoms with E-state index in [9.17, 15) is 4.39 Å². The Morgan fingerprint density at radius 1 is 1.17 bits per heavy atom. The minimum Gasteiger partial charge on any atom is -0.497 e. The normalized spacial score (nSPS) is 10.4. The molecule has 2 aromatic rings. The summed E-state index contributed by atoms with van der Waals surface area (Å²) in [6.07, 6.45) is 0. The molecule has 0 amide bonds. The molecule has 1 aromatic heterocycles. The number of ether oxygens (including phenoxy) is 1. The van der Waals surface area contributed by atoms with Crippen LogP contribution in [-0.4, -0.2) is 11.8 Å². The molecular formula is C14H17FN2O. The van der Waals surface area contributed by atoms with Crippen molar-refractivity contribution < 1.29 is 9.13 Å². The maximum Gasteiger partial charge on any atom is 0.131 e. The van der Waals surface area contributed by atoms with Crippen molar-refractivity contribution in [2.45, 2.75) is 20.4 Å². The highest BCUT2D eigenvalue weighted by atomic mass is 19.1. The van der Waals surface area contributed by atoms with E-state index in [1.807, 2.05) is 30.7 Å². The first kappa shape index (κ1) is 12.5. The molecule has 0 saturated carbocycles. The Kier molecular flexibility index (Phi) is 3.55. The molecule has 0 spiro atoms. The summed E-state index contributed by atoms with van der Waals surface area (Å²) in [5.41, 5.74) is 6.00. The van der Waals surface area contributed by atoms with E-state index in [0.29, 0.717) is 17.9 Å². The van der Waals surface area contributed by atoms with E-state index in [1.165, 1.54) is 13.2 Å². The van der Waals surface area contributed by atoms with E-state index >= 15 is 0 Å². The van der Waals surface area contributed by atoms with Gasteiger partial charge in [0.1, 0.15) is 11.6 Å². The van der Waals surface area contributed by atoms with Crippen molar-refractivity contribution in [3.8, 4) is 5.75 Å². The Hall–Kier alpha value is -1.97. The molecule has 0 radical (unpaired) electrons. The lowest BCUT2D eigenvalue weighted by atomic mass is 10.2.